The summed E-state index contributed by atoms with van der Waals surface area (Å²) in [7, 11) is 1.70. The van der Waals surface area contributed by atoms with Crippen LogP contribution in [-0.2, 0) is 20.7 Å². The van der Waals surface area contributed by atoms with Crippen molar-refractivity contribution in [1.29, 1.82) is 0 Å². The molecule has 0 aromatic heterocycles. The van der Waals surface area contributed by atoms with Crippen LogP contribution in [0.5, 0.6) is 0 Å². The lowest BCUT2D eigenvalue weighted by Gasteiger charge is -2.45. The highest BCUT2D eigenvalue weighted by atomic mass is 16.5. The molecular weight excluding hydrogens is 280 g/mol. The largest absolute Gasteiger partial charge is 0.376 e. The third kappa shape index (κ3) is 2.50. The fraction of sp³-hybridized carbons (Fsp3) is 0.529. The molecule has 1 aromatic carbocycles. The summed E-state index contributed by atoms with van der Waals surface area (Å²) < 4.78 is 5.59. The van der Waals surface area contributed by atoms with Crippen LogP contribution >= 0.6 is 0 Å². The number of rotatable bonds is 5. The van der Waals surface area contributed by atoms with Gasteiger partial charge in [-0.2, -0.15) is 0 Å². The molecule has 1 N–H and O–H groups in total. The molecule has 1 aromatic rings. The Balaban J connectivity index is 1.64. The minimum Gasteiger partial charge on any atom is -0.376 e. The summed E-state index contributed by atoms with van der Waals surface area (Å²) in [6, 6.07) is 7.57. The molecule has 1 aliphatic heterocycles. The van der Waals surface area contributed by atoms with Crippen molar-refractivity contribution in [3.05, 3.63) is 29.8 Å². The van der Waals surface area contributed by atoms with Crippen LogP contribution in [0.2, 0.25) is 0 Å². The summed E-state index contributed by atoms with van der Waals surface area (Å²) in [5, 5.41) is 2.99. The average molecular weight is 302 g/mol. The van der Waals surface area contributed by atoms with Crippen LogP contribution in [0.3, 0.4) is 0 Å². The van der Waals surface area contributed by atoms with E-state index in [1.807, 2.05) is 31.2 Å². The quantitative estimate of drug-likeness (QED) is 0.900. The number of nitrogens with zero attached hydrogens (tertiary/aromatic N) is 1. The molecule has 5 heteroatoms. The van der Waals surface area contributed by atoms with E-state index in [-0.39, 0.29) is 30.0 Å². The summed E-state index contributed by atoms with van der Waals surface area (Å²) in [6.45, 7) is 2.04. The van der Waals surface area contributed by atoms with E-state index in [0.717, 1.165) is 30.5 Å². The molecule has 0 spiro atoms. The number of anilines is 1. The Labute approximate surface area is 130 Å². The van der Waals surface area contributed by atoms with Gasteiger partial charge in [-0.25, -0.2) is 0 Å². The number of methoxy groups -OCH3 is 1. The van der Waals surface area contributed by atoms with Gasteiger partial charge in [0.05, 0.1) is 18.1 Å². The molecule has 22 heavy (non-hydrogen) atoms. The minimum absolute atomic E-state index is 0.0193. The van der Waals surface area contributed by atoms with E-state index in [1.54, 1.807) is 12.0 Å². The number of fused-ring (bicyclic) bond motifs is 1. The van der Waals surface area contributed by atoms with Gasteiger partial charge in [0, 0.05) is 12.8 Å². The van der Waals surface area contributed by atoms with Crippen molar-refractivity contribution >= 4 is 17.5 Å². The first-order chi connectivity index (χ1) is 10.6. The van der Waals surface area contributed by atoms with Crippen molar-refractivity contribution in [1.82, 2.24) is 5.32 Å². The van der Waals surface area contributed by atoms with Gasteiger partial charge in [0.15, 0.2) is 0 Å². The third-order valence-corrected chi connectivity index (χ3v) is 5.00. The molecule has 0 saturated heterocycles. The van der Waals surface area contributed by atoms with Gasteiger partial charge in [-0.3, -0.25) is 9.59 Å². The summed E-state index contributed by atoms with van der Waals surface area (Å²) in [5.74, 6) is -0.157. The van der Waals surface area contributed by atoms with Crippen molar-refractivity contribution in [2.45, 2.75) is 44.2 Å². The van der Waals surface area contributed by atoms with E-state index in [4.69, 9.17) is 4.74 Å². The predicted octanol–water partition coefficient (Wildman–Crippen LogP) is 1.65. The summed E-state index contributed by atoms with van der Waals surface area (Å²) >= 11 is 0. The average Bonchev–Trinajstić information content (AvgIpc) is 2.74. The topological polar surface area (TPSA) is 58.6 Å². The van der Waals surface area contributed by atoms with Crippen LogP contribution in [0.25, 0.3) is 0 Å². The van der Waals surface area contributed by atoms with Gasteiger partial charge in [-0.05, 0) is 37.8 Å². The molecule has 118 valence electrons. The zero-order valence-corrected chi connectivity index (χ0v) is 13.1. The van der Waals surface area contributed by atoms with Crippen LogP contribution < -0.4 is 10.2 Å². The Morgan fingerprint density at radius 1 is 1.41 bits per heavy atom. The number of ether oxygens (including phenoxy) is 1. The molecule has 0 bridgehead atoms. The van der Waals surface area contributed by atoms with E-state index in [2.05, 4.69) is 5.32 Å². The molecule has 1 saturated carbocycles. The van der Waals surface area contributed by atoms with Crippen molar-refractivity contribution in [3.63, 3.8) is 0 Å². The fourth-order valence-electron chi connectivity index (χ4n) is 3.39. The lowest BCUT2D eigenvalue weighted by molar-refractivity contribution is -0.129. The lowest BCUT2D eigenvalue weighted by atomic mass is 9.75. The maximum absolute atomic E-state index is 12.3. The zero-order valence-electron chi connectivity index (χ0n) is 13.1. The van der Waals surface area contributed by atoms with E-state index in [1.165, 1.54) is 0 Å². The number of hydrogen-bond donors (Lipinski definition) is 1. The van der Waals surface area contributed by atoms with Crippen molar-refractivity contribution < 1.29 is 14.3 Å². The molecule has 2 aliphatic rings. The predicted molar refractivity (Wildman–Crippen MR) is 83.7 cm³/mol. The van der Waals surface area contributed by atoms with Gasteiger partial charge in [-0.15, -0.1) is 0 Å². The molecule has 5 nitrogen and oxygen atoms in total. The summed E-state index contributed by atoms with van der Waals surface area (Å²) in [5.41, 5.74) is 1.60. The first-order valence-corrected chi connectivity index (χ1v) is 7.78. The number of amides is 2. The fourth-order valence-corrected chi connectivity index (χ4v) is 3.39. The Kier molecular flexibility index (Phi) is 3.91. The van der Waals surface area contributed by atoms with Gasteiger partial charge in [0.25, 0.3) is 0 Å². The monoisotopic (exact) mass is 302 g/mol. The Bertz CT molecular complexity index is 590. The van der Waals surface area contributed by atoms with Gasteiger partial charge in [0.1, 0.15) is 6.54 Å². The van der Waals surface area contributed by atoms with E-state index < -0.39 is 0 Å². The van der Waals surface area contributed by atoms with Crippen LogP contribution in [-0.4, -0.2) is 37.1 Å². The van der Waals surface area contributed by atoms with Crippen molar-refractivity contribution in [2.24, 2.45) is 0 Å². The maximum Gasteiger partial charge on any atom is 0.240 e. The smallest absolute Gasteiger partial charge is 0.240 e. The molecular formula is C17H22N2O3. The number of carbonyl (C=O) groups is 2. The highest BCUT2D eigenvalue weighted by molar-refractivity contribution is 6.04. The van der Waals surface area contributed by atoms with Crippen molar-refractivity contribution in [3.8, 4) is 0 Å². The summed E-state index contributed by atoms with van der Waals surface area (Å²) in [6.07, 6.45) is 3.44. The molecule has 1 unspecified atom stereocenters. The molecule has 0 radical (unpaired) electrons. The van der Waals surface area contributed by atoms with E-state index >= 15 is 0 Å². The number of carbonyl (C=O) groups excluding carboxylic acids is 2. The number of hydrogen-bond acceptors (Lipinski definition) is 3. The Hall–Kier alpha value is -1.88. The number of nitrogens with one attached hydrogen (secondary N) is 1. The number of benzene rings is 1. The molecule has 1 heterocycles. The van der Waals surface area contributed by atoms with E-state index in [0.29, 0.717) is 6.42 Å². The second kappa shape index (κ2) is 5.72. The highest BCUT2D eigenvalue weighted by Crippen LogP contribution is 2.38. The highest BCUT2D eigenvalue weighted by Gasteiger charge is 2.43. The maximum atomic E-state index is 12.3. The SMILES string of the molecule is COC1(C(C)NC(=O)CN2C(=O)Cc3ccccc32)CCC1. The molecule has 1 fully saturated rings. The van der Waals surface area contributed by atoms with Crippen LogP contribution in [0.4, 0.5) is 5.69 Å². The zero-order chi connectivity index (χ0) is 15.7. The van der Waals surface area contributed by atoms with Crippen molar-refractivity contribution in [2.75, 3.05) is 18.6 Å². The first-order valence-electron chi connectivity index (χ1n) is 7.78. The normalized spacial score (nSPS) is 20.3. The van der Waals surface area contributed by atoms with Crippen LogP contribution in [0.15, 0.2) is 24.3 Å². The molecule has 1 aliphatic carbocycles. The first kappa shape index (κ1) is 15.0. The van der Waals surface area contributed by atoms with Crippen LogP contribution in [0.1, 0.15) is 31.7 Å². The van der Waals surface area contributed by atoms with E-state index in [9.17, 15) is 9.59 Å². The Morgan fingerprint density at radius 3 is 2.77 bits per heavy atom. The number of para-hydroxylation sites is 1. The van der Waals surface area contributed by atoms with Gasteiger partial charge < -0.3 is 15.0 Å². The summed E-state index contributed by atoms with van der Waals surface area (Å²) in [4.78, 5) is 26.0. The molecule has 2 amide bonds. The third-order valence-electron chi connectivity index (χ3n) is 5.00. The van der Waals surface area contributed by atoms with Gasteiger partial charge in [-0.1, -0.05) is 18.2 Å². The minimum atomic E-state index is -0.234. The Morgan fingerprint density at radius 2 is 2.14 bits per heavy atom. The molecule has 1 atom stereocenters. The van der Waals surface area contributed by atoms with Crippen LogP contribution in [0, 0.1) is 0 Å². The second-order valence-corrected chi connectivity index (χ2v) is 6.20. The van der Waals surface area contributed by atoms with Gasteiger partial charge in [0.2, 0.25) is 11.8 Å². The van der Waals surface area contributed by atoms with Gasteiger partial charge >= 0.3 is 0 Å². The molecule has 3 rings (SSSR count). The standard InChI is InChI=1S/C17H22N2O3/c1-12(17(22-2)8-5-9-17)18-15(20)11-19-14-7-4-3-6-13(14)10-16(19)21/h3-4,6-7,12H,5,8-11H2,1-2H3,(H,18,20). The second-order valence-electron chi connectivity index (χ2n) is 6.20. The lowest BCUT2D eigenvalue weighted by Crippen LogP contribution is -2.57.